The molecule has 1 aliphatic carbocycles. The first-order valence-corrected chi connectivity index (χ1v) is 11.7. The molecule has 2 N–H and O–H groups in total. The van der Waals surface area contributed by atoms with Crippen molar-refractivity contribution in [2.45, 2.75) is 58.4 Å². The third-order valence-electron chi connectivity index (χ3n) is 6.45. The molecular weight excluding hydrogens is 525 g/mol. The Bertz CT molecular complexity index is 1040. The minimum atomic E-state index is 0. The lowest BCUT2D eigenvalue weighted by atomic mass is 9.88. The van der Waals surface area contributed by atoms with Crippen LogP contribution in [0.4, 0.5) is 0 Å². The topological polar surface area (TPSA) is 67.4 Å². The Morgan fingerprint density at radius 3 is 2.70 bits per heavy atom. The highest BCUT2D eigenvalue weighted by Crippen LogP contribution is 2.21. The normalized spacial score (nSPS) is 15.6. The Labute approximate surface area is 214 Å². The number of halogens is 1. The zero-order valence-corrected chi connectivity index (χ0v) is 22.3. The Balaban J connectivity index is 0.00000306. The van der Waals surface area contributed by atoms with Gasteiger partial charge in [-0.15, -0.1) is 24.0 Å². The van der Waals surface area contributed by atoms with E-state index in [9.17, 15) is 0 Å². The highest BCUT2D eigenvalue weighted by atomic mass is 127. The maximum atomic E-state index is 5.47. The average molecular weight is 562 g/mol. The SMILES string of the molecule is Cc1nn(C)c(C)c1CCCN=C(NCCc1ccco1)NC1CCc2ccccc2C1.I. The molecule has 4 rings (SSSR count). The van der Waals surface area contributed by atoms with Gasteiger partial charge in [0.15, 0.2) is 5.96 Å². The number of rotatable bonds is 8. The number of benzene rings is 1. The molecule has 1 atom stereocenters. The van der Waals surface area contributed by atoms with Crippen molar-refractivity contribution in [1.29, 1.82) is 0 Å². The van der Waals surface area contributed by atoms with Gasteiger partial charge in [0.25, 0.3) is 0 Å². The van der Waals surface area contributed by atoms with Crippen molar-refractivity contribution in [1.82, 2.24) is 20.4 Å². The number of nitrogens with zero attached hydrogens (tertiary/aromatic N) is 3. The molecule has 0 saturated carbocycles. The third kappa shape index (κ3) is 6.85. The van der Waals surface area contributed by atoms with Gasteiger partial charge in [-0.2, -0.15) is 5.10 Å². The van der Waals surface area contributed by atoms with Gasteiger partial charge in [-0.3, -0.25) is 9.67 Å². The van der Waals surface area contributed by atoms with Crippen LogP contribution in [0, 0.1) is 13.8 Å². The predicted molar refractivity (Wildman–Crippen MR) is 145 cm³/mol. The quantitative estimate of drug-likeness (QED) is 0.184. The van der Waals surface area contributed by atoms with E-state index < -0.39 is 0 Å². The van der Waals surface area contributed by atoms with Crippen molar-refractivity contribution in [2.24, 2.45) is 12.0 Å². The van der Waals surface area contributed by atoms with Gasteiger partial charge in [-0.05, 0) is 74.8 Å². The summed E-state index contributed by atoms with van der Waals surface area (Å²) in [6.07, 6.45) is 7.87. The fourth-order valence-corrected chi connectivity index (χ4v) is 4.55. The number of hydrogen-bond acceptors (Lipinski definition) is 3. The van der Waals surface area contributed by atoms with Gasteiger partial charge >= 0.3 is 0 Å². The highest BCUT2D eigenvalue weighted by Gasteiger charge is 2.19. The molecule has 0 bridgehead atoms. The number of aromatic nitrogens is 2. The number of nitrogens with one attached hydrogen (secondary N) is 2. The summed E-state index contributed by atoms with van der Waals surface area (Å²) in [7, 11) is 2.01. The Morgan fingerprint density at radius 1 is 1.15 bits per heavy atom. The molecule has 0 fully saturated rings. The smallest absolute Gasteiger partial charge is 0.191 e. The van der Waals surface area contributed by atoms with E-state index in [0.717, 1.165) is 69.0 Å². The molecule has 6 nitrogen and oxygen atoms in total. The van der Waals surface area contributed by atoms with Gasteiger partial charge in [-0.1, -0.05) is 24.3 Å². The van der Waals surface area contributed by atoms with Gasteiger partial charge in [0.2, 0.25) is 0 Å². The van der Waals surface area contributed by atoms with E-state index in [1.807, 2.05) is 23.9 Å². The zero-order valence-electron chi connectivity index (χ0n) is 19.9. The molecule has 0 aliphatic heterocycles. The van der Waals surface area contributed by atoms with E-state index in [1.165, 1.54) is 22.4 Å². The van der Waals surface area contributed by atoms with Crippen LogP contribution in [0.2, 0.25) is 0 Å². The van der Waals surface area contributed by atoms with Crippen LogP contribution >= 0.6 is 24.0 Å². The molecule has 0 spiro atoms. The van der Waals surface area contributed by atoms with E-state index in [1.54, 1.807) is 6.26 Å². The lowest BCUT2D eigenvalue weighted by Crippen LogP contribution is -2.46. The van der Waals surface area contributed by atoms with Crippen LogP contribution in [0.25, 0.3) is 0 Å². The average Bonchev–Trinajstić information content (AvgIpc) is 3.39. The van der Waals surface area contributed by atoms with Crippen molar-refractivity contribution >= 4 is 29.9 Å². The first kappa shape index (κ1) is 25.3. The van der Waals surface area contributed by atoms with E-state index in [-0.39, 0.29) is 24.0 Å². The maximum absolute atomic E-state index is 5.47. The number of hydrogen-bond donors (Lipinski definition) is 2. The van der Waals surface area contributed by atoms with E-state index >= 15 is 0 Å². The summed E-state index contributed by atoms with van der Waals surface area (Å²) in [5.74, 6) is 1.89. The van der Waals surface area contributed by atoms with E-state index in [2.05, 4.69) is 53.8 Å². The summed E-state index contributed by atoms with van der Waals surface area (Å²) in [5.41, 5.74) is 6.67. The Hall–Kier alpha value is -2.29. The van der Waals surface area contributed by atoms with Crippen LogP contribution in [-0.2, 0) is 32.7 Å². The number of fused-ring (bicyclic) bond motifs is 1. The molecule has 1 aliphatic rings. The number of aryl methyl sites for hydroxylation is 3. The summed E-state index contributed by atoms with van der Waals surface area (Å²) in [6.45, 7) is 5.81. The largest absolute Gasteiger partial charge is 0.469 e. The molecule has 3 aromatic rings. The van der Waals surface area contributed by atoms with E-state index in [0.29, 0.717) is 6.04 Å². The molecule has 178 valence electrons. The van der Waals surface area contributed by atoms with Gasteiger partial charge in [0.05, 0.1) is 12.0 Å². The number of aliphatic imine (C=N–C) groups is 1. The fraction of sp³-hybridized carbons (Fsp3) is 0.462. The van der Waals surface area contributed by atoms with Gasteiger partial charge < -0.3 is 15.1 Å². The van der Waals surface area contributed by atoms with Gasteiger partial charge in [0, 0.05) is 38.3 Å². The summed E-state index contributed by atoms with van der Waals surface area (Å²) >= 11 is 0. The minimum Gasteiger partial charge on any atom is -0.469 e. The molecule has 0 radical (unpaired) electrons. The Kier molecular flexibility index (Phi) is 9.41. The molecule has 7 heteroatoms. The van der Waals surface area contributed by atoms with E-state index in [4.69, 9.17) is 9.41 Å². The van der Waals surface area contributed by atoms with Crippen LogP contribution in [0.3, 0.4) is 0 Å². The molecule has 2 heterocycles. The fourth-order valence-electron chi connectivity index (χ4n) is 4.55. The molecule has 2 aromatic heterocycles. The zero-order chi connectivity index (χ0) is 22.3. The first-order valence-electron chi connectivity index (χ1n) is 11.7. The maximum Gasteiger partial charge on any atom is 0.191 e. The number of guanidine groups is 1. The minimum absolute atomic E-state index is 0. The monoisotopic (exact) mass is 561 g/mol. The van der Waals surface area contributed by atoms with Crippen LogP contribution in [0.5, 0.6) is 0 Å². The molecule has 1 unspecified atom stereocenters. The predicted octanol–water partition coefficient (Wildman–Crippen LogP) is 4.52. The highest BCUT2D eigenvalue weighted by molar-refractivity contribution is 14.0. The Morgan fingerprint density at radius 2 is 1.97 bits per heavy atom. The van der Waals surface area contributed by atoms with Crippen LogP contribution in [-0.4, -0.2) is 34.9 Å². The van der Waals surface area contributed by atoms with Crippen molar-refractivity contribution in [3.05, 3.63) is 76.5 Å². The molecule has 33 heavy (non-hydrogen) atoms. The van der Waals surface area contributed by atoms with Crippen molar-refractivity contribution in [2.75, 3.05) is 13.1 Å². The van der Waals surface area contributed by atoms with Gasteiger partial charge in [-0.25, -0.2) is 0 Å². The second kappa shape index (κ2) is 12.3. The lowest BCUT2D eigenvalue weighted by Gasteiger charge is -2.27. The summed E-state index contributed by atoms with van der Waals surface area (Å²) in [4.78, 5) is 4.91. The summed E-state index contributed by atoms with van der Waals surface area (Å²) in [6, 6.07) is 13.1. The van der Waals surface area contributed by atoms with Crippen molar-refractivity contribution in [3.63, 3.8) is 0 Å². The summed E-state index contributed by atoms with van der Waals surface area (Å²) < 4.78 is 7.44. The molecule has 0 saturated heterocycles. The third-order valence-corrected chi connectivity index (χ3v) is 6.45. The standard InChI is InChI=1S/C26H35N5O.HI/c1-19-25(20(2)31(3)30-19)11-6-15-27-26(28-16-14-24-10-7-17-32-24)29-23-13-12-21-8-4-5-9-22(21)18-23;/h4-5,7-10,17,23H,6,11-16,18H2,1-3H3,(H2,27,28,29);1H. The number of furan rings is 1. The van der Waals surface area contributed by atoms with Crippen molar-refractivity contribution in [3.8, 4) is 0 Å². The van der Waals surface area contributed by atoms with Crippen LogP contribution in [0.1, 0.15) is 46.7 Å². The van der Waals surface area contributed by atoms with Crippen molar-refractivity contribution < 1.29 is 4.42 Å². The lowest BCUT2D eigenvalue weighted by molar-refractivity contribution is 0.501. The molecular formula is C26H36IN5O. The first-order chi connectivity index (χ1) is 15.6. The van der Waals surface area contributed by atoms with Crippen LogP contribution < -0.4 is 10.6 Å². The van der Waals surface area contributed by atoms with Crippen LogP contribution in [0.15, 0.2) is 52.1 Å². The summed E-state index contributed by atoms with van der Waals surface area (Å²) in [5, 5.41) is 11.7. The second-order valence-electron chi connectivity index (χ2n) is 8.72. The second-order valence-corrected chi connectivity index (χ2v) is 8.72. The molecule has 0 amide bonds. The molecule has 1 aromatic carbocycles. The van der Waals surface area contributed by atoms with Gasteiger partial charge in [0.1, 0.15) is 5.76 Å².